The molecule has 0 saturated carbocycles. The lowest BCUT2D eigenvalue weighted by Crippen LogP contribution is -2.42. The number of nitrogens with one attached hydrogen (secondary N) is 1. The Balaban J connectivity index is 1.48. The molecule has 1 atom stereocenters. The molecule has 0 bridgehead atoms. The van der Waals surface area contributed by atoms with Crippen molar-refractivity contribution < 1.29 is 4.79 Å². The Bertz CT molecular complexity index is 512. The minimum Gasteiger partial charge on any atom is -0.356 e. The van der Waals surface area contributed by atoms with Gasteiger partial charge in [0.15, 0.2) is 0 Å². The van der Waals surface area contributed by atoms with Crippen molar-refractivity contribution in [3.8, 4) is 0 Å². The van der Waals surface area contributed by atoms with Gasteiger partial charge in [0.05, 0.1) is 0 Å². The second-order valence-electron chi connectivity index (χ2n) is 6.50. The van der Waals surface area contributed by atoms with Crippen LogP contribution in [0.4, 0.5) is 0 Å². The van der Waals surface area contributed by atoms with Crippen LogP contribution in [0.15, 0.2) is 29.2 Å². The molecule has 2 aliphatic rings. The number of amides is 1. The van der Waals surface area contributed by atoms with Crippen LogP contribution in [0.5, 0.6) is 0 Å². The molecule has 2 heterocycles. The van der Waals surface area contributed by atoms with Crippen molar-refractivity contribution in [2.24, 2.45) is 0 Å². The number of hydrogen-bond acceptors (Lipinski definition) is 3. The van der Waals surface area contributed by atoms with Crippen molar-refractivity contribution in [1.82, 2.24) is 10.2 Å². The molecule has 22 heavy (non-hydrogen) atoms. The number of hydrogen-bond donors (Lipinski definition) is 1. The van der Waals surface area contributed by atoms with E-state index in [0.717, 1.165) is 24.6 Å². The lowest BCUT2D eigenvalue weighted by molar-refractivity contribution is -0.120. The molecule has 0 aromatic heterocycles. The topological polar surface area (TPSA) is 32.3 Å². The summed E-state index contributed by atoms with van der Waals surface area (Å²) in [4.78, 5) is 15.5. The van der Waals surface area contributed by atoms with E-state index in [4.69, 9.17) is 0 Å². The number of nitrogens with zero attached hydrogens (tertiary/aromatic N) is 1. The second-order valence-corrected chi connectivity index (χ2v) is 7.87. The number of aryl methyl sites for hydroxylation is 1. The highest BCUT2D eigenvalue weighted by Gasteiger charge is 2.27. The Kier molecular flexibility index (Phi) is 5.42. The van der Waals surface area contributed by atoms with Crippen LogP contribution in [0, 0.1) is 6.92 Å². The fourth-order valence-electron chi connectivity index (χ4n) is 3.51. The smallest absolute Gasteiger partial charge is 0.220 e. The summed E-state index contributed by atoms with van der Waals surface area (Å²) in [5, 5.41) is 3.73. The van der Waals surface area contributed by atoms with Crippen molar-refractivity contribution in [2.75, 3.05) is 19.6 Å². The summed E-state index contributed by atoms with van der Waals surface area (Å²) in [5.41, 5.74) is 1.35. The average molecular weight is 318 g/mol. The number of carbonyl (C=O) groups is 1. The van der Waals surface area contributed by atoms with Crippen LogP contribution in [0.1, 0.15) is 37.7 Å². The molecular weight excluding hydrogens is 292 g/mol. The van der Waals surface area contributed by atoms with Gasteiger partial charge in [0.2, 0.25) is 5.91 Å². The van der Waals surface area contributed by atoms with Crippen LogP contribution in [0.3, 0.4) is 0 Å². The maximum absolute atomic E-state index is 11.5. The molecule has 0 spiro atoms. The van der Waals surface area contributed by atoms with Crippen LogP contribution >= 0.6 is 11.8 Å². The van der Waals surface area contributed by atoms with E-state index in [2.05, 4.69) is 41.4 Å². The van der Waals surface area contributed by atoms with E-state index in [0.29, 0.717) is 12.5 Å². The first-order chi connectivity index (χ1) is 10.7. The van der Waals surface area contributed by atoms with Gasteiger partial charge in [-0.2, -0.15) is 0 Å². The van der Waals surface area contributed by atoms with Crippen molar-refractivity contribution >= 4 is 17.7 Å². The lowest BCUT2D eigenvalue weighted by atomic mass is 10.0. The molecule has 1 N–H and O–H groups in total. The Morgan fingerprint density at radius 3 is 2.77 bits per heavy atom. The first kappa shape index (κ1) is 15.9. The zero-order valence-corrected chi connectivity index (χ0v) is 14.2. The van der Waals surface area contributed by atoms with E-state index in [1.807, 2.05) is 11.8 Å². The third-order valence-corrected chi connectivity index (χ3v) is 6.12. The Morgan fingerprint density at radius 2 is 2.00 bits per heavy atom. The first-order valence-electron chi connectivity index (χ1n) is 8.45. The number of likely N-dealkylation sites (tertiary alicyclic amines) is 1. The number of carbonyl (C=O) groups excluding carboxylic acids is 1. The summed E-state index contributed by atoms with van der Waals surface area (Å²) in [6, 6.07) is 9.44. The zero-order chi connectivity index (χ0) is 15.4. The third kappa shape index (κ3) is 4.26. The van der Waals surface area contributed by atoms with Crippen LogP contribution in [0.25, 0.3) is 0 Å². The Morgan fingerprint density at radius 1 is 1.18 bits per heavy atom. The normalized spacial score (nSPS) is 24.8. The molecule has 1 aromatic carbocycles. The SMILES string of the molecule is Cc1cccc(SC2CCN(C3CCNC(=O)CC3)CC2)c1. The molecule has 1 aromatic rings. The van der Waals surface area contributed by atoms with Crippen LogP contribution in [0.2, 0.25) is 0 Å². The van der Waals surface area contributed by atoms with E-state index in [1.165, 1.54) is 36.4 Å². The summed E-state index contributed by atoms with van der Waals surface area (Å²) in [6.45, 7) is 5.38. The van der Waals surface area contributed by atoms with Gasteiger partial charge in [0.1, 0.15) is 0 Å². The molecule has 2 aliphatic heterocycles. The largest absolute Gasteiger partial charge is 0.356 e. The van der Waals surface area contributed by atoms with Gasteiger partial charge in [-0.15, -0.1) is 11.8 Å². The van der Waals surface area contributed by atoms with E-state index in [-0.39, 0.29) is 5.91 Å². The Labute approximate surface area is 137 Å². The maximum atomic E-state index is 11.5. The van der Waals surface area contributed by atoms with Gasteiger partial charge in [-0.25, -0.2) is 0 Å². The molecule has 1 unspecified atom stereocenters. The van der Waals surface area contributed by atoms with Crippen LogP contribution in [-0.2, 0) is 4.79 Å². The molecule has 2 fully saturated rings. The summed E-state index contributed by atoms with van der Waals surface area (Å²) < 4.78 is 0. The second kappa shape index (κ2) is 7.51. The van der Waals surface area contributed by atoms with Gasteiger partial charge < -0.3 is 10.2 Å². The summed E-state index contributed by atoms with van der Waals surface area (Å²) in [5.74, 6) is 0.229. The van der Waals surface area contributed by atoms with Crippen molar-refractivity contribution in [1.29, 1.82) is 0 Å². The van der Waals surface area contributed by atoms with Gasteiger partial charge in [0, 0.05) is 29.2 Å². The minimum absolute atomic E-state index is 0.229. The highest BCUT2D eigenvalue weighted by atomic mass is 32.2. The number of thioether (sulfide) groups is 1. The molecule has 2 saturated heterocycles. The van der Waals surface area contributed by atoms with Gasteiger partial charge in [-0.1, -0.05) is 17.7 Å². The van der Waals surface area contributed by atoms with Crippen molar-refractivity contribution in [3.05, 3.63) is 29.8 Å². The molecule has 3 nitrogen and oxygen atoms in total. The van der Waals surface area contributed by atoms with Crippen LogP contribution in [-0.4, -0.2) is 41.7 Å². The summed E-state index contributed by atoms with van der Waals surface area (Å²) in [6.07, 6.45) is 5.36. The fourth-order valence-corrected chi connectivity index (χ4v) is 4.76. The monoisotopic (exact) mass is 318 g/mol. The average Bonchev–Trinajstić information content (AvgIpc) is 2.73. The van der Waals surface area contributed by atoms with Gasteiger partial charge >= 0.3 is 0 Å². The van der Waals surface area contributed by atoms with Crippen molar-refractivity contribution in [3.63, 3.8) is 0 Å². The molecule has 0 aliphatic carbocycles. The minimum atomic E-state index is 0.229. The third-order valence-electron chi connectivity index (χ3n) is 4.79. The highest BCUT2D eigenvalue weighted by molar-refractivity contribution is 8.00. The molecule has 0 radical (unpaired) electrons. The van der Waals surface area contributed by atoms with E-state index >= 15 is 0 Å². The number of piperidine rings is 1. The summed E-state index contributed by atoms with van der Waals surface area (Å²) in [7, 11) is 0. The standard InChI is InChI=1S/C18H26N2OS/c1-14-3-2-4-17(13-14)22-16-8-11-20(12-9-16)15-5-6-18(21)19-10-7-15/h2-4,13,15-16H,5-12H2,1H3,(H,19,21). The zero-order valence-electron chi connectivity index (χ0n) is 13.4. The molecule has 120 valence electrons. The number of benzene rings is 1. The van der Waals surface area contributed by atoms with E-state index < -0.39 is 0 Å². The molecule has 1 amide bonds. The Hall–Kier alpha value is -1.00. The van der Waals surface area contributed by atoms with E-state index in [1.54, 1.807) is 0 Å². The number of rotatable bonds is 3. The predicted octanol–water partition coefficient (Wildman–Crippen LogP) is 3.22. The first-order valence-corrected chi connectivity index (χ1v) is 9.33. The predicted molar refractivity (Wildman–Crippen MR) is 92.3 cm³/mol. The van der Waals surface area contributed by atoms with Gasteiger partial charge in [0.25, 0.3) is 0 Å². The molecule has 4 heteroatoms. The van der Waals surface area contributed by atoms with Gasteiger partial charge in [-0.3, -0.25) is 4.79 Å². The van der Waals surface area contributed by atoms with Crippen molar-refractivity contribution in [2.45, 2.75) is 55.2 Å². The highest BCUT2D eigenvalue weighted by Crippen LogP contribution is 2.32. The maximum Gasteiger partial charge on any atom is 0.220 e. The lowest BCUT2D eigenvalue weighted by Gasteiger charge is -2.37. The van der Waals surface area contributed by atoms with Crippen LogP contribution < -0.4 is 5.32 Å². The molecule has 3 rings (SSSR count). The van der Waals surface area contributed by atoms with E-state index in [9.17, 15) is 4.79 Å². The summed E-state index contributed by atoms with van der Waals surface area (Å²) >= 11 is 2.04. The quantitative estimate of drug-likeness (QED) is 0.929. The molecular formula is C18H26N2OS. The van der Waals surface area contributed by atoms with Gasteiger partial charge in [-0.05, 0) is 57.8 Å². The fraction of sp³-hybridized carbons (Fsp3) is 0.611.